The Labute approximate surface area is 60.3 Å². The van der Waals surface area contributed by atoms with E-state index >= 15 is 0 Å². The van der Waals surface area contributed by atoms with Gasteiger partial charge in [-0.25, -0.2) is 5.43 Å². The van der Waals surface area contributed by atoms with Crippen LogP contribution in [0.1, 0.15) is 20.8 Å². The molecule has 0 saturated carbocycles. The van der Waals surface area contributed by atoms with Gasteiger partial charge in [-0.05, 0) is 6.92 Å². The molecule has 0 bridgehead atoms. The third-order valence-corrected chi connectivity index (χ3v) is 0.724. The smallest absolute Gasteiger partial charge is 0.237 e. The van der Waals surface area contributed by atoms with Gasteiger partial charge in [-0.1, -0.05) is 0 Å². The minimum Gasteiger partial charge on any atom is -0.480 e. The quantitative estimate of drug-likeness (QED) is 0.348. The SMILES string of the molecule is CCO/C(C)=N\NC(C)=O. The van der Waals surface area contributed by atoms with E-state index in [1.54, 1.807) is 6.92 Å². The lowest BCUT2D eigenvalue weighted by molar-refractivity contribution is -0.118. The minimum absolute atomic E-state index is 0.195. The number of nitrogens with zero attached hydrogens (tertiary/aromatic N) is 1. The van der Waals surface area contributed by atoms with E-state index in [-0.39, 0.29) is 5.91 Å². The third kappa shape index (κ3) is 5.08. The molecule has 4 heteroatoms. The van der Waals surface area contributed by atoms with Crippen LogP contribution in [0.5, 0.6) is 0 Å². The highest BCUT2D eigenvalue weighted by Gasteiger charge is 1.88. The number of carbonyl (C=O) groups is 1. The van der Waals surface area contributed by atoms with E-state index in [2.05, 4.69) is 10.5 Å². The van der Waals surface area contributed by atoms with Crippen molar-refractivity contribution in [1.82, 2.24) is 5.43 Å². The van der Waals surface area contributed by atoms with Gasteiger partial charge < -0.3 is 4.74 Å². The Hall–Kier alpha value is -1.06. The summed E-state index contributed by atoms with van der Waals surface area (Å²) in [5, 5.41) is 3.61. The van der Waals surface area contributed by atoms with Gasteiger partial charge >= 0.3 is 0 Å². The van der Waals surface area contributed by atoms with Gasteiger partial charge in [0.05, 0.1) is 6.61 Å². The molecule has 4 nitrogen and oxygen atoms in total. The summed E-state index contributed by atoms with van der Waals surface area (Å²) in [6.45, 7) is 5.49. The van der Waals surface area contributed by atoms with Crippen molar-refractivity contribution in [3.05, 3.63) is 0 Å². The first-order valence-corrected chi connectivity index (χ1v) is 3.10. The fraction of sp³-hybridized carbons (Fsp3) is 0.667. The van der Waals surface area contributed by atoms with Crippen molar-refractivity contribution in [2.75, 3.05) is 6.61 Å². The number of amides is 1. The molecule has 0 aromatic rings. The number of ether oxygens (including phenoxy) is 1. The molecule has 0 aromatic carbocycles. The number of hydrazone groups is 1. The molecule has 0 saturated heterocycles. The molecule has 0 fully saturated rings. The molecule has 0 heterocycles. The first-order valence-electron chi connectivity index (χ1n) is 3.10. The lowest BCUT2D eigenvalue weighted by atomic mass is 10.7. The van der Waals surface area contributed by atoms with Crippen LogP contribution >= 0.6 is 0 Å². The zero-order valence-electron chi connectivity index (χ0n) is 6.47. The van der Waals surface area contributed by atoms with Crippen molar-refractivity contribution in [2.45, 2.75) is 20.8 Å². The summed E-state index contributed by atoms with van der Waals surface area (Å²) in [6, 6.07) is 0. The average molecular weight is 144 g/mol. The fourth-order valence-electron chi connectivity index (χ4n) is 0.399. The highest BCUT2D eigenvalue weighted by Crippen LogP contribution is 1.77. The van der Waals surface area contributed by atoms with Gasteiger partial charge in [0.15, 0.2) is 0 Å². The van der Waals surface area contributed by atoms with Crippen LogP contribution in [0.3, 0.4) is 0 Å². The van der Waals surface area contributed by atoms with E-state index in [9.17, 15) is 4.79 Å². The van der Waals surface area contributed by atoms with Crippen LogP contribution in [-0.2, 0) is 9.53 Å². The molecule has 0 aromatic heterocycles. The van der Waals surface area contributed by atoms with E-state index in [1.807, 2.05) is 6.92 Å². The van der Waals surface area contributed by atoms with E-state index in [0.29, 0.717) is 12.5 Å². The first kappa shape index (κ1) is 8.94. The Morgan fingerprint density at radius 2 is 2.20 bits per heavy atom. The normalized spacial score (nSPS) is 10.9. The summed E-state index contributed by atoms with van der Waals surface area (Å²) in [5.74, 6) is 0.275. The number of hydrogen-bond acceptors (Lipinski definition) is 3. The fourth-order valence-corrected chi connectivity index (χ4v) is 0.399. The average Bonchev–Trinajstić information content (AvgIpc) is 1.85. The number of rotatable bonds is 2. The number of nitrogens with one attached hydrogen (secondary N) is 1. The van der Waals surface area contributed by atoms with Crippen LogP contribution in [0.4, 0.5) is 0 Å². The molecule has 0 atom stereocenters. The van der Waals surface area contributed by atoms with Gasteiger partial charge in [0.25, 0.3) is 0 Å². The Morgan fingerprint density at radius 1 is 1.60 bits per heavy atom. The van der Waals surface area contributed by atoms with Crippen LogP contribution in [0.15, 0.2) is 5.10 Å². The summed E-state index contributed by atoms with van der Waals surface area (Å²) in [6.07, 6.45) is 0. The van der Waals surface area contributed by atoms with Crippen LogP contribution < -0.4 is 5.43 Å². The first-order chi connectivity index (χ1) is 4.66. The van der Waals surface area contributed by atoms with Gasteiger partial charge in [-0.2, -0.15) is 0 Å². The lowest BCUT2D eigenvalue weighted by Gasteiger charge is -1.99. The van der Waals surface area contributed by atoms with Crippen molar-refractivity contribution < 1.29 is 9.53 Å². The van der Waals surface area contributed by atoms with Crippen LogP contribution in [0.25, 0.3) is 0 Å². The van der Waals surface area contributed by atoms with Gasteiger partial charge in [0.1, 0.15) is 0 Å². The summed E-state index contributed by atoms with van der Waals surface area (Å²) in [7, 11) is 0. The Morgan fingerprint density at radius 3 is 2.60 bits per heavy atom. The Bertz CT molecular complexity index is 143. The molecule has 0 unspecified atom stereocenters. The van der Waals surface area contributed by atoms with E-state index in [4.69, 9.17) is 4.74 Å². The number of carbonyl (C=O) groups excluding carboxylic acids is 1. The molecule has 0 aliphatic heterocycles. The maximum atomic E-state index is 10.3. The second-order valence-corrected chi connectivity index (χ2v) is 1.73. The summed E-state index contributed by atoms with van der Waals surface area (Å²) in [4.78, 5) is 10.3. The molecular formula is C6H12N2O2. The predicted molar refractivity (Wildman–Crippen MR) is 38.6 cm³/mol. The van der Waals surface area contributed by atoms with Crippen molar-refractivity contribution in [3.63, 3.8) is 0 Å². The van der Waals surface area contributed by atoms with Crippen molar-refractivity contribution in [1.29, 1.82) is 0 Å². The Balaban J connectivity index is 3.57. The summed E-state index contributed by atoms with van der Waals surface area (Å²) < 4.78 is 4.93. The lowest BCUT2D eigenvalue weighted by Crippen LogP contribution is -2.15. The number of hydrogen-bond donors (Lipinski definition) is 1. The summed E-state index contributed by atoms with van der Waals surface area (Å²) >= 11 is 0. The molecule has 0 aliphatic carbocycles. The van der Waals surface area contributed by atoms with Crippen molar-refractivity contribution >= 4 is 11.8 Å². The van der Waals surface area contributed by atoms with Gasteiger partial charge in [0.2, 0.25) is 11.8 Å². The molecule has 0 radical (unpaired) electrons. The summed E-state index contributed by atoms with van der Waals surface area (Å²) in [5.41, 5.74) is 2.25. The van der Waals surface area contributed by atoms with E-state index in [1.165, 1.54) is 6.92 Å². The van der Waals surface area contributed by atoms with Crippen molar-refractivity contribution in [3.8, 4) is 0 Å². The third-order valence-electron chi connectivity index (χ3n) is 0.724. The molecule has 1 N–H and O–H groups in total. The Kier molecular flexibility index (Phi) is 4.28. The maximum absolute atomic E-state index is 10.3. The van der Waals surface area contributed by atoms with Gasteiger partial charge in [0, 0.05) is 13.8 Å². The molecule has 1 amide bonds. The highest BCUT2D eigenvalue weighted by molar-refractivity contribution is 5.77. The topological polar surface area (TPSA) is 50.7 Å². The molecular weight excluding hydrogens is 132 g/mol. The van der Waals surface area contributed by atoms with Crippen molar-refractivity contribution in [2.24, 2.45) is 5.10 Å². The highest BCUT2D eigenvalue weighted by atomic mass is 16.5. The second kappa shape index (κ2) is 4.78. The van der Waals surface area contributed by atoms with Crippen LogP contribution in [0.2, 0.25) is 0 Å². The predicted octanol–water partition coefficient (Wildman–Crippen LogP) is 0.492. The zero-order chi connectivity index (χ0) is 7.98. The standard InChI is InChI=1S/C6H12N2O2/c1-4-10-6(3)8-7-5(2)9/h4H2,1-3H3,(H,7,9)/b8-6-. The molecule has 10 heavy (non-hydrogen) atoms. The van der Waals surface area contributed by atoms with E-state index < -0.39 is 0 Å². The molecule has 58 valence electrons. The zero-order valence-corrected chi connectivity index (χ0v) is 6.47. The second-order valence-electron chi connectivity index (χ2n) is 1.73. The van der Waals surface area contributed by atoms with Crippen LogP contribution in [0, 0.1) is 0 Å². The molecule has 0 aliphatic rings. The monoisotopic (exact) mass is 144 g/mol. The van der Waals surface area contributed by atoms with Gasteiger partial charge in [-0.15, -0.1) is 5.10 Å². The molecule has 0 spiro atoms. The largest absolute Gasteiger partial charge is 0.480 e. The maximum Gasteiger partial charge on any atom is 0.237 e. The van der Waals surface area contributed by atoms with Gasteiger partial charge in [-0.3, -0.25) is 4.79 Å². The van der Waals surface area contributed by atoms with E-state index in [0.717, 1.165) is 0 Å². The van der Waals surface area contributed by atoms with Crippen LogP contribution in [-0.4, -0.2) is 18.4 Å². The molecule has 0 rings (SSSR count). The minimum atomic E-state index is -0.195.